The molecule has 1 saturated heterocycles. The highest BCUT2D eigenvalue weighted by molar-refractivity contribution is 5.77. The predicted molar refractivity (Wildman–Crippen MR) is 84.2 cm³/mol. The highest BCUT2D eigenvalue weighted by Gasteiger charge is 2.28. The summed E-state index contributed by atoms with van der Waals surface area (Å²) in [6, 6.07) is 8.68. The first-order valence-corrected chi connectivity index (χ1v) is 7.41. The number of amides is 1. The molecule has 2 atom stereocenters. The standard InChI is InChI=1S/C17H23N3O/c1-13-4-9-16(17(19)21)12-20(13)11-15-7-5-14(6-8-15)3-2-10-18/h5-8,13,16H,4,9-12,18H2,1H3,(H2,19,21). The van der Waals surface area contributed by atoms with Gasteiger partial charge in [0.2, 0.25) is 5.91 Å². The Morgan fingerprint density at radius 3 is 2.67 bits per heavy atom. The Balaban J connectivity index is 2.01. The molecule has 0 aliphatic carbocycles. The van der Waals surface area contributed by atoms with Crippen LogP contribution in [0.3, 0.4) is 0 Å². The van der Waals surface area contributed by atoms with Gasteiger partial charge in [0.05, 0.1) is 12.5 Å². The molecule has 0 saturated carbocycles. The van der Waals surface area contributed by atoms with Gasteiger partial charge in [-0.3, -0.25) is 9.69 Å². The van der Waals surface area contributed by atoms with E-state index in [4.69, 9.17) is 11.5 Å². The maximum Gasteiger partial charge on any atom is 0.221 e. The number of nitrogens with two attached hydrogens (primary N) is 2. The molecule has 1 fully saturated rings. The van der Waals surface area contributed by atoms with E-state index in [-0.39, 0.29) is 11.8 Å². The quantitative estimate of drug-likeness (QED) is 0.816. The molecule has 4 heteroatoms. The fourth-order valence-electron chi connectivity index (χ4n) is 2.71. The van der Waals surface area contributed by atoms with Crippen LogP contribution in [-0.2, 0) is 11.3 Å². The highest BCUT2D eigenvalue weighted by atomic mass is 16.1. The Bertz CT molecular complexity index is 541. The van der Waals surface area contributed by atoms with Gasteiger partial charge in [-0.25, -0.2) is 0 Å². The third-order valence-corrected chi connectivity index (χ3v) is 4.09. The van der Waals surface area contributed by atoms with Crippen LogP contribution in [0.25, 0.3) is 0 Å². The predicted octanol–water partition coefficient (Wildman–Crippen LogP) is 1.08. The van der Waals surface area contributed by atoms with Crippen molar-refractivity contribution in [3.63, 3.8) is 0 Å². The van der Waals surface area contributed by atoms with Crippen LogP contribution >= 0.6 is 0 Å². The van der Waals surface area contributed by atoms with Gasteiger partial charge in [-0.05, 0) is 37.5 Å². The average molecular weight is 285 g/mol. The van der Waals surface area contributed by atoms with Gasteiger partial charge in [-0.2, -0.15) is 0 Å². The average Bonchev–Trinajstić information content (AvgIpc) is 2.48. The van der Waals surface area contributed by atoms with Crippen LogP contribution in [0.1, 0.15) is 30.9 Å². The molecule has 0 bridgehead atoms. The van der Waals surface area contributed by atoms with Crippen molar-refractivity contribution in [2.75, 3.05) is 13.1 Å². The second-order valence-electron chi connectivity index (χ2n) is 5.66. The summed E-state index contributed by atoms with van der Waals surface area (Å²) >= 11 is 0. The number of carbonyl (C=O) groups is 1. The Morgan fingerprint density at radius 1 is 1.33 bits per heavy atom. The maximum absolute atomic E-state index is 11.4. The molecular weight excluding hydrogens is 262 g/mol. The molecule has 4 N–H and O–H groups in total. The molecule has 0 spiro atoms. The normalized spacial score (nSPS) is 22.4. The van der Waals surface area contributed by atoms with Gasteiger partial charge in [-0.15, -0.1) is 0 Å². The van der Waals surface area contributed by atoms with E-state index in [1.807, 2.05) is 12.1 Å². The zero-order valence-corrected chi connectivity index (χ0v) is 12.5. The zero-order chi connectivity index (χ0) is 15.2. The number of rotatable bonds is 3. The van der Waals surface area contributed by atoms with Crippen molar-refractivity contribution in [2.45, 2.75) is 32.4 Å². The molecule has 112 valence electrons. The number of hydrogen-bond acceptors (Lipinski definition) is 3. The van der Waals surface area contributed by atoms with Crippen molar-refractivity contribution in [1.29, 1.82) is 0 Å². The molecular formula is C17H23N3O. The summed E-state index contributed by atoms with van der Waals surface area (Å²) in [7, 11) is 0. The van der Waals surface area contributed by atoms with Gasteiger partial charge >= 0.3 is 0 Å². The minimum Gasteiger partial charge on any atom is -0.369 e. The number of carbonyl (C=O) groups excluding carboxylic acids is 1. The third-order valence-electron chi connectivity index (χ3n) is 4.09. The molecule has 1 heterocycles. The lowest BCUT2D eigenvalue weighted by Gasteiger charge is -2.36. The number of primary amides is 1. The van der Waals surface area contributed by atoms with E-state index in [1.165, 1.54) is 5.56 Å². The van der Waals surface area contributed by atoms with E-state index in [2.05, 4.69) is 35.8 Å². The molecule has 2 rings (SSSR count). The van der Waals surface area contributed by atoms with Crippen LogP contribution in [0.5, 0.6) is 0 Å². The summed E-state index contributed by atoms with van der Waals surface area (Å²) in [5.41, 5.74) is 13.0. The van der Waals surface area contributed by atoms with E-state index in [0.29, 0.717) is 12.6 Å². The van der Waals surface area contributed by atoms with Gasteiger partial charge in [0.1, 0.15) is 0 Å². The molecule has 0 aromatic heterocycles. The van der Waals surface area contributed by atoms with E-state index < -0.39 is 0 Å². The Hall–Kier alpha value is -1.83. The van der Waals surface area contributed by atoms with E-state index in [9.17, 15) is 4.79 Å². The summed E-state index contributed by atoms with van der Waals surface area (Å²) in [5, 5.41) is 0. The molecule has 1 amide bonds. The molecule has 21 heavy (non-hydrogen) atoms. The topological polar surface area (TPSA) is 72.4 Å². The van der Waals surface area contributed by atoms with Crippen molar-refractivity contribution in [2.24, 2.45) is 17.4 Å². The van der Waals surface area contributed by atoms with Gasteiger partial charge < -0.3 is 11.5 Å². The Labute approximate surface area is 126 Å². The van der Waals surface area contributed by atoms with Gasteiger partial charge in [0, 0.05) is 24.7 Å². The monoisotopic (exact) mass is 285 g/mol. The fraction of sp³-hybridized carbons (Fsp3) is 0.471. The Kier molecular flexibility index (Phi) is 5.38. The lowest BCUT2D eigenvalue weighted by molar-refractivity contribution is -0.124. The second-order valence-corrected chi connectivity index (χ2v) is 5.66. The molecule has 1 aromatic carbocycles. The van der Waals surface area contributed by atoms with Crippen molar-refractivity contribution in [3.8, 4) is 11.8 Å². The number of piperidine rings is 1. The van der Waals surface area contributed by atoms with Crippen LogP contribution in [0.4, 0.5) is 0 Å². The SMILES string of the molecule is CC1CCC(C(N)=O)CN1Cc1ccc(C#CCN)cc1. The summed E-state index contributed by atoms with van der Waals surface area (Å²) in [6.07, 6.45) is 1.92. The maximum atomic E-state index is 11.4. The van der Waals surface area contributed by atoms with Gasteiger partial charge in [-0.1, -0.05) is 24.0 Å². The number of likely N-dealkylation sites (tertiary alicyclic amines) is 1. The Morgan fingerprint density at radius 2 is 2.05 bits per heavy atom. The minimum atomic E-state index is -0.181. The van der Waals surface area contributed by atoms with Crippen LogP contribution in [0, 0.1) is 17.8 Å². The molecule has 2 unspecified atom stereocenters. The molecule has 4 nitrogen and oxygen atoms in total. The number of nitrogens with zero attached hydrogens (tertiary/aromatic N) is 1. The van der Waals surface area contributed by atoms with Gasteiger partial charge in [0.15, 0.2) is 0 Å². The first-order valence-electron chi connectivity index (χ1n) is 7.41. The summed E-state index contributed by atoms with van der Waals surface area (Å²) in [4.78, 5) is 13.7. The van der Waals surface area contributed by atoms with E-state index in [0.717, 1.165) is 31.5 Å². The van der Waals surface area contributed by atoms with Crippen LogP contribution in [-0.4, -0.2) is 29.9 Å². The zero-order valence-electron chi connectivity index (χ0n) is 12.5. The van der Waals surface area contributed by atoms with Crippen molar-refractivity contribution in [1.82, 2.24) is 4.90 Å². The summed E-state index contributed by atoms with van der Waals surface area (Å²) in [6.45, 7) is 4.18. The minimum absolute atomic E-state index is 0.0177. The first kappa shape index (κ1) is 15.6. The van der Waals surface area contributed by atoms with Crippen molar-refractivity contribution in [3.05, 3.63) is 35.4 Å². The third kappa shape index (κ3) is 4.32. The molecule has 1 aliphatic heterocycles. The molecule has 1 aliphatic rings. The van der Waals surface area contributed by atoms with Crippen LogP contribution in [0.2, 0.25) is 0 Å². The smallest absolute Gasteiger partial charge is 0.221 e. The van der Waals surface area contributed by atoms with E-state index >= 15 is 0 Å². The van der Waals surface area contributed by atoms with Crippen LogP contribution in [0.15, 0.2) is 24.3 Å². The summed E-state index contributed by atoms with van der Waals surface area (Å²) < 4.78 is 0. The van der Waals surface area contributed by atoms with Crippen LogP contribution < -0.4 is 11.5 Å². The molecule has 1 aromatic rings. The summed E-state index contributed by atoms with van der Waals surface area (Å²) in [5.74, 6) is 5.66. The van der Waals surface area contributed by atoms with E-state index in [1.54, 1.807) is 0 Å². The lowest BCUT2D eigenvalue weighted by atomic mass is 9.92. The fourth-order valence-corrected chi connectivity index (χ4v) is 2.71. The lowest BCUT2D eigenvalue weighted by Crippen LogP contribution is -2.45. The largest absolute Gasteiger partial charge is 0.369 e. The van der Waals surface area contributed by atoms with Crippen molar-refractivity contribution < 1.29 is 4.79 Å². The number of hydrogen-bond donors (Lipinski definition) is 2. The first-order chi connectivity index (χ1) is 10.1. The number of benzene rings is 1. The van der Waals surface area contributed by atoms with Gasteiger partial charge in [0.25, 0.3) is 0 Å². The second kappa shape index (κ2) is 7.26. The highest BCUT2D eigenvalue weighted by Crippen LogP contribution is 2.23. The molecule has 0 radical (unpaired) electrons. The van der Waals surface area contributed by atoms with Crippen molar-refractivity contribution >= 4 is 5.91 Å².